The molecule has 0 radical (unpaired) electrons. The van der Waals surface area contributed by atoms with E-state index in [1.165, 1.54) is 11.3 Å². The molecule has 29 heavy (non-hydrogen) atoms. The maximum Gasteiger partial charge on any atom is 0.277 e. The number of hydrogen-bond acceptors (Lipinski definition) is 7. The molecule has 0 bridgehead atoms. The predicted octanol–water partition coefficient (Wildman–Crippen LogP) is 3.73. The van der Waals surface area contributed by atoms with Gasteiger partial charge in [-0.05, 0) is 31.0 Å². The summed E-state index contributed by atoms with van der Waals surface area (Å²) >= 11 is 4.74. The first-order valence-corrected chi connectivity index (χ1v) is 10.9. The Morgan fingerprint density at radius 3 is 3.00 bits per heavy atom. The zero-order valence-electron chi connectivity index (χ0n) is 15.6. The lowest BCUT2D eigenvalue weighted by atomic mass is 10.1. The number of nitrogen functional groups attached to an aromatic ring is 1. The molecule has 3 aromatic rings. The normalized spacial score (nSPS) is 16.6. The number of benzene rings is 1. The van der Waals surface area contributed by atoms with Crippen molar-refractivity contribution in [2.75, 3.05) is 29.0 Å². The van der Waals surface area contributed by atoms with Gasteiger partial charge in [-0.3, -0.25) is 9.78 Å². The van der Waals surface area contributed by atoms with Crippen LogP contribution in [0.3, 0.4) is 0 Å². The second-order valence-electron chi connectivity index (χ2n) is 6.94. The van der Waals surface area contributed by atoms with E-state index in [1.807, 2.05) is 30.3 Å². The molecule has 3 heterocycles. The first kappa shape index (κ1) is 19.8. The fraction of sp³-hybridized carbons (Fsp3) is 0.250. The van der Waals surface area contributed by atoms with Crippen molar-refractivity contribution in [1.82, 2.24) is 9.97 Å². The third kappa shape index (κ3) is 4.42. The SMILES string of the molecule is Nc1sc(-c2cccc(Br)c2)nc1C(=O)Nc1cnccc1N1CCCC(N)C1. The summed E-state index contributed by atoms with van der Waals surface area (Å²) in [6.45, 7) is 1.64. The van der Waals surface area contributed by atoms with E-state index in [-0.39, 0.29) is 17.6 Å². The van der Waals surface area contributed by atoms with Crippen molar-refractivity contribution >= 4 is 49.5 Å². The number of nitrogens with zero attached hydrogens (tertiary/aromatic N) is 3. The molecule has 2 aromatic heterocycles. The monoisotopic (exact) mass is 472 g/mol. The first-order chi connectivity index (χ1) is 14.0. The lowest BCUT2D eigenvalue weighted by Gasteiger charge is -2.33. The molecule has 9 heteroatoms. The zero-order valence-corrected chi connectivity index (χ0v) is 18.0. The van der Waals surface area contributed by atoms with Crippen molar-refractivity contribution in [3.8, 4) is 10.6 Å². The lowest BCUT2D eigenvalue weighted by Crippen LogP contribution is -2.43. The minimum Gasteiger partial charge on any atom is -0.389 e. The summed E-state index contributed by atoms with van der Waals surface area (Å²) in [6.07, 6.45) is 5.39. The molecule has 5 N–H and O–H groups in total. The molecule has 0 spiro atoms. The van der Waals surface area contributed by atoms with Gasteiger partial charge in [-0.1, -0.05) is 39.4 Å². The molecule has 1 atom stereocenters. The van der Waals surface area contributed by atoms with E-state index in [0.717, 1.165) is 41.7 Å². The van der Waals surface area contributed by atoms with Crippen molar-refractivity contribution in [2.24, 2.45) is 5.73 Å². The number of piperidine rings is 1. The Kier molecular flexibility index (Phi) is 5.79. The van der Waals surface area contributed by atoms with Crippen LogP contribution < -0.4 is 21.7 Å². The van der Waals surface area contributed by atoms with Gasteiger partial charge in [-0.2, -0.15) is 0 Å². The summed E-state index contributed by atoms with van der Waals surface area (Å²) in [7, 11) is 0. The summed E-state index contributed by atoms with van der Waals surface area (Å²) in [6, 6.07) is 9.75. The van der Waals surface area contributed by atoms with Crippen LogP contribution in [0.25, 0.3) is 10.6 Å². The third-order valence-corrected chi connectivity index (χ3v) is 6.21. The number of aromatic nitrogens is 2. The Morgan fingerprint density at radius 1 is 1.34 bits per heavy atom. The van der Waals surface area contributed by atoms with Crippen molar-refractivity contribution in [1.29, 1.82) is 0 Å². The molecular formula is C20H21BrN6OS. The summed E-state index contributed by atoms with van der Waals surface area (Å²) < 4.78 is 0.939. The van der Waals surface area contributed by atoms with Crippen molar-refractivity contribution in [3.63, 3.8) is 0 Å². The number of thiazole rings is 1. The van der Waals surface area contributed by atoms with Crippen LogP contribution in [0, 0.1) is 0 Å². The van der Waals surface area contributed by atoms with E-state index >= 15 is 0 Å². The van der Waals surface area contributed by atoms with Crippen LogP contribution in [-0.2, 0) is 0 Å². The molecule has 0 saturated carbocycles. The highest BCUT2D eigenvalue weighted by atomic mass is 79.9. The topological polar surface area (TPSA) is 110 Å². The number of carbonyl (C=O) groups is 1. The van der Waals surface area contributed by atoms with Crippen molar-refractivity contribution in [3.05, 3.63) is 52.9 Å². The van der Waals surface area contributed by atoms with Gasteiger partial charge >= 0.3 is 0 Å². The quantitative estimate of drug-likeness (QED) is 0.533. The van der Waals surface area contributed by atoms with Gasteiger partial charge in [-0.25, -0.2) is 4.98 Å². The summed E-state index contributed by atoms with van der Waals surface area (Å²) in [4.78, 5) is 23.7. The van der Waals surface area contributed by atoms with Gasteiger partial charge in [-0.15, -0.1) is 0 Å². The van der Waals surface area contributed by atoms with Gasteiger partial charge in [0.1, 0.15) is 10.0 Å². The summed E-state index contributed by atoms with van der Waals surface area (Å²) in [5.74, 6) is -0.351. The number of pyridine rings is 1. The van der Waals surface area contributed by atoms with Gasteiger partial charge in [0.05, 0.1) is 17.6 Å². The van der Waals surface area contributed by atoms with Crippen molar-refractivity contribution in [2.45, 2.75) is 18.9 Å². The highest BCUT2D eigenvalue weighted by molar-refractivity contribution is 9.10. The van der Waals surface area contributed by atoms with E-state index < -0.39 is 0 Å². The largest absolute Gasteiger partial charge is 0.389 e. The maximum absolute atomic E-state index is 12.9. The molecule has 7 nitrogen and oxygen atoms in total. The van der Waals surface area contributed by atoms with Gasteiger partial charge in [0.15, 0.2) is 5.69 Å². The van der Waals surface area contributed by atoms with Gasteiger partial charge < -0.3 is 21.7 Å². The highest BCUT2D eigenvalue weighted by Crippen LogP contribution is 2.33. The smallest absolute Gasteiger partial charge is 0.277 e. The lowest BCUT2D eigenvalue weighted by molar-refractivity contribution is 0.102. The molecule has 1 saturated heterocycles. The molecule has 1 amide bonds. The van der Waals surface area contributed by atoms with Crippen LogP contribution in [0.2, 0.25) is 0 Å². The number of halogens is 1. The van der Waals surface area contributed by atoms with Crippen LogP contribution >= 0.6 is 27.3 Å². The second kappa shape index (κ2) is 8.48. The molecule has 4 rings (SSSR count). The fourth-order valence-corrected chi connectivity index (χ4v) is 4.63. The van der Waals surface area contributed by atoms with E-state index in [2.05, 4.69) is 36.1 Å². The Labute approximate surface area is 181 Å². The van der Waals surface area contributed by atoms with Crippen LogP contribution in [0.4, 0.5) is 16.4 Å². The van der Waals surface area contributed by atoms with Gasteiger partial charge in [0, 0.05) is 35.4 Å². The summed E-state index contributed by atoms with van der Waals surface area (Å²) in [5.41, 5.74) is 14.9. The minimum absolute atomic E-state index is 0.127. The molecule has 150 valence electrons. The van der Waals surface area contributed by atoms with Crippen LogP contribution in [0.1, 0.15) is 23.3 Å². The number of nitrogens with one attached hydrogen (secondary N) is 1. The van der Waals surface area contributed by atoms with E-state index in [1.54, 1.807) is 12.4 Å². The Hall–Kier alpha value is -2.49. The molecule has 1 aliphatic heterocycles. The Morgan fingerprint density at radius 2 is 2.21 bits per heavy atom. The maximum atomic E-state index is 12.9. The molecule has 0 aliphatic carbocycles. The number of nitrogens with two attached hydrogens (primary N) is 2. The minimum atomic E-state index is -0.351. The van der Waals surface area contributed by atoms with E-state index in [0.29, 0.717) is 15.7 Å². The first-order valence-electron chi connectivity index (χ1n) is 9.29. The van der Waals surface area contributed by atoms with Gasteiger partial charge in [0.2, 0.25) is 0 Å². The van der Waals surface area contributed by atoms with E-state index in [9.17, 15) is 4.79 Å². The molecule has 1 aliphatic rings. The molecule has 1 unspecified atom stereocenters. The van der Waals surface area contributed by atoms with Crippen LogP contribution in [0.5, 0.6) is 0 Å². The number of anilines is 3. The number of carbonyl (C=O) groups excluding carboxylic acids is 1. The standard InChI is InChI=1S/C20H21BrN6OS/c21-13-4-1-3-12(9-13)20-26-17(18(23)29-20)19(28)25-15-10-24-7-6-16(15)27-8-2-5-14(22)11-27/h1,3-4,6-7,9-10,14H,2,5,8,11,22-23H2,(H,25,28). The summed E-state index contributed by atoms with van der Waals surface area (Å²) in [5, 5.41) is 4.00. The Balaban J connectivity index is 1.58. The average Bonchev–Trinajstić information content (AvgIpc) is 3.10. The van der Waals surface area contributed by atoms with Crippen molar-refractivity contribution < 1.29 is 4.79 Å². The molecule has 1 aromatic carbocycles. The third-order valence-electron chi connectivity index (χ3n) is 4.78. The highest BCUT2D eigenvalue weighted by Gasteiger charge is 2.22. The second-order valence-corrected chi connectivity index (χ2v) is 8.88. The number of rotatable bonds is 4. The van der Waals surface area contributed by atoms with E-state index in [4.69, 9.17) is 11.5 Å². The molecule has 1 fully saturated rings. The van der Waals surface area contributed by atoms with Crippen LogP contribution in [-0.4, -0.2) is 35.0 Å². The number of amides is 1. The Bertz CT molecular complexity index is 1040. The van der Waals surface area contributed by atoms with Gasteiger partial charge in [0.25, 0.3) is 5.91 Å². The number of hydrogen-bond donors (Lipinski definition) is 3. The van der Waals surface area contributed by atoms with Crippen LogP contribution in [0.15, 0.2) is 47.2 Å². The molecular weight excluding hydrogens is 452 g/mol. The average molecular weight is 473 g/mol. The predicted molar refractivity (Wildman–Crippen MR) is 121 cm³/mol. The fourth-order valence-electron chi connectivity index (χ4n) is 3.41. The zero-order chi connectivity index (χ0) is 20.4.